The number of esters is 1. The zero-order chi connectivity index (χ0) is 19.0. The molecule has 27 heavy (non-hydrogen) atoms. The van der Waals surface area contributed by atoms with Gasteiger partial charge >= 0.3 is 5.97 Å². The van der Waals surface area contributed by atoms with E-state index in [1.807, 2.05) is 0 Å². The van der Waals surface area contributed by atoms with Crippen LogP contribution < -0.4 is 5.32 Å². The number of halogens is 2. The van der Waals surface area contributed by atoms with Crippen LogP contribution in [-0.4, -0.2) is 27.8 Å². The third-order valence-corrected chi connectivity index (χ3v) is 4.55. The molecule has 1 atom stereocenters. The van der Waals surface area contributed by atoms with Crippen LogP contribution in [0.4, 0.5) is 10.3 Å². The van der Waals surface area contributed by atoms with Crippen LogP contribution in [0.3, 0.4) is 0 Å². The summed E-state index contributed by atoms with van der Waals surface area (Å²) in [7, 11) is 1.30. The molecule has 6 nitrogen and oxygen atoms in total. The first-order valence-electron chi connectivity index (χ1n) is 8.09. The van der Waals surface area contributed by atoms with Crippen molar-refractivity contribution in [2.75, 3.05) is 12.4 Å². The molecule has 0 radical (unpaired) electrons. The molecule has 0 amide bonds. The van der Waals surface area contributed by atoms with Gasteiger partial charge in [0.05, 0.1) is 18.4 Å². The maximum atomic E-state index is 13.9. The summed E-state index contributed by atoms with van der Waals surface area (Å²) in [6.45, 7) is 0. The molecule has 2 heterocycles. The third kappa shape index (κ3) is 3.06. The number of fused-ring (bicyclic) bond motifs is 1. The number of rotatable bonds is 3. The fourth-order valence-electron chi connectivity index (χ4n) is 3.12. The number of ether oxygens (including phenoxy) is 1. The normalized spacial score (nSPS) is 15.9. The minimum atomic E-state index is -0.697. The Balaban J connectivity index is 1.98. The van der Waals surface area contributed by atoms with Crippen LogP contribution in [0.1, 0.15) is 17.2 Å². The molecule has 0 saturated heterocycles. The van der Waals surface area contributed by atoms with E-state index in [0.717, 1.165) is 5.56 Å². The van der Waals surface area contributed by atoms with E-state index in [0.29, 0.717) is 27.8 Å². The van der Waals surface area contributed by atoms with Crippen LogP contribution in [0.25, 0.3) is 5.70 Å². The van der Waals surface area contributed by atoms with Gasteiger partial charge in [0.15, 0.2) is 0 Å². The molecule has 0 bridgehead atoms. The number of nitrogens with zero attached hydrogens (tertiary/aromatic N) is 3. The van der Waals surface area contributed by atoms with E-state index in [1.54, 1.807) is 36.4 Å². The van der Waals surface area contributed by atoms with Gasteiger partial charge in [-0.3, -0.25) is 0 Å². The minimum absolute atomic E-state index is 0.295. The van der Waals surface area contributed by atoms with Gasteiger partial charge in [-0.2, -0.15) is 10.1 Å². The molecule has 0 spiro atoms. The Morgan fingerprint density at radius 2 is 2.04 bits per heavy atom. The van der Waals surface area contributed by atoms with Gasteiger partial charge in [-0.1, -0.05) is 35.9 Å². The summed E-state index contributed by atoms with van der Waals surface area (Å²) >= 11 is 5.99. The fraction of sp³-hybridized carbons (Fsp3) is 0.105. The lowest BCUT2D eigenvalue weighted by molar-refractivity contribution is -0.136. The largest absolute Gasteiger partial charge is 0.466 e. The molecule has 1 aliphatic rings. The van der Waals surface area contributed by atoms with Crippen molar-refractivity contribution in [3.05, 3.63) is 82.4 Å². The number of carbonyl (C=O) groups is 1. The van der Waals surface area contributed by atoms with Crippen molar-refractivity contribution in [3.8, 4) is 0 Å². The summed E-state index contributed by atoms with van der Waals surface area (Å²) in [5, 5.41) is 7.90. The van der Waals surface area contributed by atoms with Crippen molar-refractivity contribution in [3.63, 3.8) is 0 Å². The number of nitrogens with one attached hydrogen (secondary N) is 1. The lowest BCUT2D eigenvalue weighted by Crippen LogP contribution is -2.29. The van der Waals surface area contributed by atoms with Crippen molar-refractivity contribution in [2.45, 2.75) is 6.04 Å². The van der Waals surface area contributed by atoms with Gasteiger partial charge in [-0.05, 0) is 35.4 Å². The zero-order valence-corrected chi connectivity index (χ0v) is 14.9. The Bertz CT molecular complexity index is 1050. The molecule has 3 aromatic rings. The molecule has 1 aliphatic heterocycles. The SMILES string of the molecule is COC(=O)C1=C(c2ccc(Cl)cc2)Nc2ncnn2[C@H]1c1cccc(F)c1. The lowest BCUT2D eigenvalue weighted by atomic mass is 9.93. The minimum Gasteiger partial charge on any atom is -0.466 e. The van der Waals surface area contributed by atoms with Crippen molar-refractivity contribution < 1.29 is 13.9 Å². The van der Waals surface area contributed by atoms with Crippen molar-refractivity contribution in [2.24, 2.45) is 0 Å². The second kappa shape index (κ2) is 6.85. The van der Waals surface area contributed by atoms with E-state index in [9.17, 15) is 9.18 Å². The number of aromatic nitrogens is 3. The summed E-state index contributed by atoms with van der Waals surface area (Å²) in [5.41, 5.74) is 2.07. The first-order valence-corrected chi connectivity index (χ1v) is 8.46. The molecule has 136 valence electrons. The quantitative estimate of drug-likeness (QED) is 0.698. The standard InChI is InChI=1S/C19H14ClFN4O2/c1-27-18(26)15-16(11-5-7-13(20)8-6-11)24-19-22-10-23-25(19)17(15)12-3-2-4-14(21)9-12/h2-10,17H,1H3,(H,22,23,24)/t17-/m0/s1. The van der Waals surface area contributed by atoms with Crippen LogP contribution in [0, 0.1) is 5.82 Å². The van der Waals surface area contributed by atoms with Crippen LogP contribution >= 0.6 is 11.6 Å². The van der Waals surface area contributed by atoms with Gasteiger partial charge in [-0.15, -0.1) is 0 Å². The molecule has 4 rings (SSSR count). The van der Waals surface area contributed by atoms with Gasteiger partial charge < -0.3 is 10.1 Å². The monoisotopic (exact) mass is 384 g/mol. The second-order valence-electron chi connectivity index (χ2n) is 5.90. The smallest absolute Gasteiger partial charge is 0.338 e. The number of hydrogen-bond acceptors (Lipinski definition) is 5. The summed E-state index contributed by atoms with van der Waals surface area (Å²) in [6.07, 6.45) is 1.37. The fourth-order valence-corrected chi connectivity index (χ4v) is 3.25. The molecule has 0 fully saturated rings. The summed E-state index contributed by atoms with van der Waals surface area (Å²) < 4.78 is 20.4. The predicted molar refractivity (Wildman–Crippen MR) is 98.6 cm³/mol. The molecule has 0 saturated carbocycles. The second-order valence-corrected chi connectivity index (χ2v) is 6.33. The Morgan fingerprint density at radius 3 is 2.74 bits per heavy atom. The zero-order valence-electron chi connectivity index (χ0n) is 14.2. The predicted octanol–water partition coefficient (Wildman–Crippen LogP) is 3.67. The first kappa shape index (κ1) is 17.2. The van der Waals surface area contributed by atoms with Crippen molar-refractivity contribution in [1.82, 2.24) is 14.8 Å². The molecular weight excluding hydrogens is 371 g/mol. The summed E-state index contributed by atoms with van der Waals surface area (Å²) in [4.78, 5) is 16.9. The van der Waals surface area contributed by atoms with E-state index in [4.69, 9.17) is 16.3 Å². The topological polar surface area (TPSA) is 69.0 Å². The lowest BCUT2D eigenvalue weighted by Gasteiger charge is -2.29. The highest BCUT2D eigenvalue weighted by Gasteiger charge is 2.36. The summed E-state index contributed by atoms with van der Waals surface area (Å²) in [6, 6.07) is 12.3. The Labute approximate surface area is 159 Å². The van der Waals surface area contributed by atoms with Crippen LogP contribution in [0.5, 0.6) is 0 Å². The van der Waals surface area contributed by atoms with Crippen molar-refractivity contribution >= 4 is 29.2 Å². The van der Waals surface area contributed by atoms with E-state index < -0.39 is 17.8 Å². The Morgan fingerprint density at radius 1 is 1.26 bits per heavy atom. The molecule has 8 heteroatoms. The molecule has 1 aromatic heterocycles. The number of carbonyl (C=O) groups excluding carboxylic acids is 1. The molecular formula is C19H14ClFN4O2. The van der Waals surface area contributed by atoms with Gasteiger partial charge in [0, 0.05) is 5.02 Å². The molecule has 0 aliphatic carbocycles. The highest BCUT2D eigenvalue weighted by atomic mass is 35.5. The van der Waals surface area contributed by atoms with Crippen molar-refractivity contribution in [1.29, 1.82) is 0 Å². The van der Waals surface area contributed by atoms with Gasteiger partial charge in [0.2, 0.25) is 5.95 Å². The van der Waals surface area contributed by atoms with Gasteiger partial charge in [-0.25, -0.2) is 13.9 Å². The maximum Gasteiger partial charge on any atom is 0.338 e. The number of benzene rings is 2. The van der Waals surface area contributed by atoms with E-state index in [-0.39, 0.29) is 0 Å². The van der Waals surface area contributed by atoms with Crippen LogP contribution in [0.2, 0.25) is 5.02 Å². The highest BCUT2D eigenvalue weighted by Crippen LogP contribution is 2.39. The number of anilines is 1. The number of hydrogen-bond donors (Lipinski definition) is 1. The Kier molecular flexibility index (Phi) is 4.37. The van der Waals surface area contributed by atoms with Crippen LogP contribution in [-0.2, 0) is 9.53 Å². The molecule has 2 aromatic carbocycles. The highest BCUT2D eigenvalue weighted by molar-refractivity contribution is 6.30. The summed E-state index contributed by atoms with van der Waals surface area (Å²) in [5.74, 6) is -0.533. The van der Waals surface area contributed by atoms with Gasteiger partial charge in [0.25, 0.3) is 0 Å². The van der Waals surface area contributed by atoms with E-state index >= 15 is 0 Å². The van der Waals surface area contributed by atoms with E-state index in [1.165, 1.54) is 30.3 Å². The average Bonchev–Trinajstić information content (AvgIpc) is 3.15. The van der Waals surface area contributed by atoms with Gasteiger partial charge in [0.1, 0.15) is 18.2 Å². The van der Waals surface area contributed by atoms with E-state index in [2.05, 4.69) is 15.4 Å². The first-order chi connectivity index (χ1) is 13.1. The molecule has 0 unspecified atom stereocenters. The average molecular weight is 385 g/mol. The third-order valence-electron chi connectivity index (χ3n) is 4.30. The molecule has 1 N–H and O–H groups in total. The number of methoxy groups -OCH3 is 1. The van der Waals surface area contributed by atoms with Crippen LogP contribution in [0.15, 0.2) is 60.4 Å². The Hall–Kier alpha value is -3.19. The maximum absolute atomic E-state index is 13.9.